The van der Waals surface area contributed by atoms with Gasteiger partial charge in [0.1, 0.15) is 5.60 Å². The SMILES string of the molecule is COC1(c2noc(CC(O)C(C)(C)C)n2)CCCC1. The molecule has 1 saturated carbocycles. The minimum absolute atomic E-state index is 0.194. The summed E-state index contributed by atoms with van der Waals surface area (Å²) >= 11 is 0. The molecule has 0 amide bonds. The van der Waals surface area contributed by atoms with E-state index in [2.05, 4.69) is 10.1 Å². The van der Waals surface area contributed by atoms with E-state index in [1.807, 2.05) is 20.8 Å². The Kier molecular flexibility index (Phi) is 3.97. The van der Waals surface area contributed by atoms with Gasteiger partial charge in [0.25, 0.3) is 0 Å². The predicted octanol–water partition coefficient (Wildman–Crippen LogP) is 2.43. The number of aliphatic hydroxyl groups is 1. The monoisotopic (exact) mass is 268 g/mol. The number of hydrogen-bond acceptors (Lipinski definition) is 5. The number of methoxy groups -OCH3 is 1. The molecule has 0 bridgehead atoms. The fraction of sp³-hybridized carbons (Fsp3) is 0.857. The van der Waals surface area contributed by atoms with E-state index >= 15 is 0 Å². The number of aromatic nitrogens is 2. The molecule has 1 unspecified atom stereocenters. The molecule has 1 aromatic rings. The fourth-order valence-corrected chi connectivity index (χ4v) is 2.46. The van der Waals surface area contributed by atoms with Crippen LogP contribution in [0.15, 0.2) is 4.52 Å². The zero-order chi connectivity index (χ0) is 14.1. The highest BCUT2D eigenvalue weighted by molar-refractivity contribution is 5.05. The molecule has 0 radical (unpaired) electrons. The number of hydrogen-bond donors (Lipinski definition) is 1. The smallest absolute Gasteiger partial charge is 0.229 e. The summed E-state index contributed by atoms with van der Waals surface area (Å²) in [6, 6.07) is 0. The van der Waals surface area contributed by atoms with E-state index in [-0.39, 0.29) is 11.0 Å². The first-order valence-corrected chi connectivity index (χ1v) is 6.94. The zero-order valence-electron chi connectivity index (χ0n) is 12.3. The molecule has 0 saturated heterocycles. The van der Waals surface area contributed by atoms with Crippen molar-refractivity contribution in [3.63, 3.8) is 0 Å². The molecule has 5 nitrogen and oxygen atoms in total. The number of nitrogens with zero attached hydrogens (tertiary/aromatic N) is 2. The third-order valence-corrected chi connectivity index (χ3v) is 4.05. The normalized spacial score (nSPS) is 20.7. The fourth-order valence-electron chi connectivity index (χ4n) is 2.46. The average Bonchev–Trinajstić information content (AvgIpc) is 2.96. The summed E-state index contributed by atoms with van der Waals surface area (Å²) < 4.78 is 10.9. The second kappa shape index (κ2) is 5.21. The van der Waals surface area contributed by atoms with Gasteiger partial charge in [0, 0.05) is 7.11 Å². The van der Waals surface area contributed by atoms with Crippen LogP contribution in [-0.4, -0.2) is 28.5 Å². The van der Waals surface area contributed by atoms with Gasteiger partial charge in [-0.2, -0.15) is 4.98 Å². The van der Waals surface area contributed by atoms with Crippen LogP contribution in [0.1, 0.15) is 58.2 Å². The van der Waals surface area contributed by atoms with Gasteiger partial charge >= 0.3 is 0 Å². The second-order valence-electron chi connectivity index (χ2n) is 6.50. The van der Waals surface area contributed by atoms with E-state index in [9.17, 15) is 5.11 Å². The van der Waals surface area contributed by atoms with Crippen molar-refractivity contribution >= 4 is 0 Å². The third-order valence-electron chi connectivity index (χ3n) is 4.05. The molecule has 0 aliphatic heterocycles. The van der Waals surface area contributed by atoms with E-state index in [4.69, 9.17) is 9.26 Å². The first kappa shape index (κ1) is 14.5. The van der Waals surface area contributed by atoms with Gasteiger partial charge in [0.2, 0.25) is 11.7 Å². The van der Waals surface area contributed by atoms with Gasteiger partial charge in [0.05, 0.1) is 12.5 Å². The quantitative estimate of drug-likeness (QED) is 0.908. The first-order valence-electron chi connectivity index (χ1n) is 6.94. The van der Waals surface area contributed by atoms with E-state index in [1.165, 1.54) is 0 Å². The van der Waals surface area contributed by atoms with Gasteiger partial charge in [0.15, 0.2) is 0 Å². The topological polar surface area (TPSA) is 68.4 Å². The Balaban J connectivity index is 2.11. The van der Waals surface area contributed by atoms with Crippen LogP contribution in [0.2, 0.25) is 0 Å². The molecule has 1 atom stereocenters. The molecule has 1 heterocycles. The van der Waals surface area contributed by atoms with Gasteiger partial charge < -0.3 is 14.4 Å². The summed E-state index contributed by atoms with van der Waals surface area (Å²) in [5.74, 6) is 1.12. The Bertz CT molecular complexity index is 417. The number of rotatable bonds is 4. The first-order chi connectivity index (χ1) is 8.87. The lowest BCUT2D eigenvalue weighted by atomic mass is 9.87. The number of aliphatic hydroxyl groups excluding tert-OH is 1. The summed E-state index contributed by atoms with van der Waals surface area (Å²) in [5, 5.41) is 14.1. The van der Waals surface area contributed by atoms with Crippen LogP contribution in [0, 0.1) is 5.41 Å². The molecule has 5 heteroatoms. The van der Waals surface area contributed by atoms with E-state index in [1.54, 1.807) is 7.11 Å². The molecule has 1 aliphatic rings. The predicted molar refractivity (Wildman–Crippen MR) is 70.6 cm³/mol. The highest BCUT2D eigenvalue weighted by Crippen LogP contribution is 2.40. The van der Waals surface area contributed by atoms with Gasteiger partial charge in [-0.05, 0) is 31.1 Å². The minimum Gasteiger partial charge on any atom is -0.392 e. The molecule has 1 N–H and O–H groups in total. The van der Waals surface area contributed by atoms with Crippen molar-refractivity contribution in [2.45, 2.75) is 64.6 Å². The summed E-state index contributed by atoms with van der Waals surface area (Å²) in [7, 11) is 1.70. The maximum atomic E-state index is 10.1. The molecular weight excluding hydrogens is 244 g/mol. The average molecular weight is 268 g/mol. The lowest BCUT2D eigenvalue weighted by Gasteiger charge is -2.24. The van der Waals surface area contributed by atoms with Crippen molar-refractivity contribution in [3.8, 4) is 0 Å². The molecule has 19 heavy (non-hydrogen) atoms. The molecule has 2 rings (SSSR count). The zero-order valence-corrected chi connectivity index (χ0v) is 12.3. The molecule has 1 fully saturated rings. The summed E-state index contributed by atoms with van der Waals surface area (Å²) in [4.78, 5) is 4.43. The Morgan fingerprint density at radius 1 is 1.37 bits per heavy atom. The minimum atomic E-state index is -0.497. The Morgan fingerprint density at radius 2 is 2.00 bits per heavy atom. The molecule has 1 aliphatic carbocycles. The van der Waals surface area contributed by atoms with E-state index in [0.29, 0.717) is 18.1 Å². The third kappa shape index (κ3) is 2.98. The van der Waals surface area contributed by atoms with Gasteiger partial charge in [-0.3, -0.25) is 0 Å². The van der Waals surface area contributed by atoms with Crippen molar-refractivity contribution in [2.24, 2.45) is 5.41 Å². The highest BCUT2D eigenvalue weighted by Gasteiger charge is 2.40. The summed E-state index contributed by atoms with van der Waals surface area (Å²) in [6.45, 7) is 5.97. The van der Waals surface area contributed by atoms with Crippen LogP contribution in [0.25, 0.3) is 0 Å². The lowest BCUT2D eigenvalue weighted by Crippen LogP contribution is -2.28. The largest absolute Gasteiger partial charge is 0.392 e. The van der Waals surface area contributed by atoms with Crippen LogP contribution in [-0.2, 0) is 16.8 Å². The van der Waals surface area contributed by atoms with E-state index < -0.39 is 6.10 Å². The summed E-state index contributed by atoms with van der Waals surface area (Å²) in [5.41, 5.74) is -0.574. The second-order valence-corrected chi connectivity index (χ2v) is 6.50. The maximum Gasteiger partial charge on any atom is 0.229 e. The van der Waals surface area contributed by atoms with Crippen molar-refractivity contribution in [1.82, 2.24) is 10.1 Å². The number of ether oxygens (including phenoxy) is 1. The van der Waals surface area contributed by atoms with Crippen molar-refractivity contribution in [1.29, 1.82) is 0 Å². The van der Waals surface area contributed by atoms with Crippen LogP contribution in [0.5, 0.6) is 0 Å². The van der Waals surface area contributed by atoms with Crippen LogP contribution in [0.3, 0.4) is 0 Å². The van der Waals surface area contributed by atoms with Gasteiger partial charge in [-0.25, -0.2) is 0 Å². The molecule has 1 aromatic heterocycles. The van der Waals surface area contributed by atoms with Crippen molar-refractivity contribution < 1.29 is 14.4 Å². The molecule has 108 valence electrons. The standard InChI is InChI=1S/C14H24N2O3/c1-13(2,3)10(17)9-11-15-12(16-19-11)14(18-4)7-5-6-8-14/h10,17H,5-9H2,1-4H3. The molecule has 0 aromatic carbocycles. The Hall–Kier alpha value is -0.940. The maximum absolute atomic E-state index is 10.1. The van der Waals surface area contributed by atoms with Crippen LogP contribution < -0.4 is 0 Å². The summed E-state index contributed by atoms with van der Waals surface area (Å²) in [6.07, 6.45) is 4.01. The van der Waals surface area contributed by atoms with Crippen molar-refractivity contribution in [3.05, 3.63) is 11.7 Å². The lowest BCUT2D eigenvalue weighted by molar-refractivity contribution is -0.0178. The molecular formula is C14H24N2O3. The Morgan fingerprint density at radius 3 is 2.53 bits per heavy atom. The van der Waals surface area contributed by atoms with Crippen molar-refractivity contribution in [2.75, 3.05) is 7.11 Å². The van der Waals surface area contributed by atoms with Crippen LogP contribution >= 0.6 is 0 Å². The highest BCUT2D eigenvalue weighted by atomic mass is 16.5. The molecule has 0 spiro atoms. The van der Waals surface area contributed by atoms with Gasteiger partial charge in [-0.1, -0.05) is 25.9 Å². The van der Waals surface area contributed by atoms with Gasteiger partial charge in [-0.15, -0.1) is 0 Å². The Labute approximate surface area is 114 Å². The van der Waals surface area contributed by atoms with Crippen LogP contribution in [0.4, 0.5) is 0 Å². The van der Waals surface area contributed by atoms with E-state index in [0.717, 1.165) is 25.7 Å².